The molecule has 1 heterocycles. The number of piperidine rings is 1. The quantitative estimate of drug-likeness (QED) is 0.810. The summed E-state index contributed by atoms with van der Waals surface area (Å²) in [7, 11) is 0. The van der Waals surface area contributed by atoms with Gasteiger partial charge in [-0.25, -0.2) is 4.39 Å². The van der Waals surface area contributed by atoms with Gasteiger partial charge in [0.25, 0.3) is 0 Å². The Morgan fingerprint density at radius 1 is 1.12 bits per heavy atom. The number of rotatable bonds is 4. The summed E-state index contributed by atoms with van der Waals surface area (Å²) in [5, 5.41) is 3.91. The van der Waals surface area contributed by atoms with Crippen LogP contribution in [0.2, 0.25) is 10.0 Å². The number of likely N-dealkylation sites (tertiary alicyclic amines) is 1. The van der Waals surface area contributed by atoms with Crippen molar-refractivity contribution in [1.29, 1.82) is 0 Å². The van der Waals surface area contributed by atoms with Crippen LogP contribution in [0.5, 0.6) is 0 Å². The molecular weight excluding hydrogens is 362 g/mol. The van der Waals surface area contributed by atoms with E-state index in [9.17, 15) is 9.18 Å². The maximum Gasteiger partial charge on any atom is 0.227 e. The van der Waals surface area contributed by atoms with Crippen LogP contribution < -0.4 is 5.32 Å². The van der Waals surface area contributed by atoms with E-state index in [4.69, 9.17) is 23.2 Å². The van der Waals surface area contributed by atoms with Gasteiger partial charge in [0.05, 0.1) is 0 Å². The van der Waals surface area contributed by atoms with Gasteiger partial charge < -0.3 is 5.32 Å². The molecule has 3 rings (SSSR count). The molecule has 25 heavy (non-hydrogen) atoms. The third-order valence-corrected chi connectivity index (χ3v) is 4.93. The Bertz CT molecular complexity index is 761. The number of carbonyl (C=O) groups excluding carboxylic acids is 1. The van der Waals surface area contributed by atoms with Crippen LogP contribution in [0.1, 0.15) is 18.4 Å². The molecule has 1 fully saturated rings. The van der Waals surface area contributed by atoms with Crippen LogP contribution in [0.25, 0.3) is 0 Å². The second-order valence-electron chi connectivity index (χ2n) is 6.29. The molecule has 6 heteroatoms. The largest absolute Gasteiger partial charge is 0.326 e. The Balaban J connectivity index is 1.52. The van der Waals surface area contributed by atoms with Crippen molar-refractivity contribution in [2.24, 2.45) is 5.92 Å². The smallest absolute Gasteiger partial charge is 0.227 e. The Morgan fingerprint density at radius 2 is 1.84 bits per heavy atom. The van der Waals surface area contributed by atoms with Crippen molar-refractivity contribution < 1.29 is 9.18 Å². The van der Waals surface area contributed by atoms with Gasteiger partial charge in [-0.15, -0.1) is 0 Å². The molecule has 0 unspecified atom stereocenters. The van der Waals surface area contributed by atoms with Gasteiger partial charge in [0, 0.05) is 33.8 Å². The van der Waals surface area contributed by atoms with Crippen molar-refractivity contribution in [3.05, 3.63) is 63.9 Å². The summed E-state index contributed by atoms with van der Waals surface area (Å²) in [6.45, 7) is 2.05. The van der Waals surface area contributed by atoms with Crippen molar-refractivity contribution in [3.63, 3.8) is 0 Å². The Labute approximate surface area is 156 Å². The standard InChI is InChI=1S/C19H19Cl2FN2O/c20-15-2-1-3-17(10-15)23-19(25)13-6-8-24(9-7-13)12-14-4-5-16(21)11-18(14)22/h1-5,10-11,13H,6-9,12H2,(H,23,25). The van der Waals surface area contributed by atoms with Crippen LogP contribution in [0.15, 0.2) is 42.5 Å². The van der Waals surface area contributed by atoms with Crippen molar-refractivity contribution in [2.75, 3.05) is 18.4 Å². The number of amides is 1. The molecule has 0 aliphatic carbocycles. The first-order chi connectivity index (χ1) is 12.0. The molecule has 2 aromatic rings. The average Bonchev–Trinajstić information content (AvgIpc) is 2.58. The van der Waals surface area contributed by atoms with E-state index >= 15 is 0 Å². The summed E-state index contributed by atoms with van der Waals surface area (Å²) in [4.78, 5) is 14.6. The fraction of sp³-hybridized carbons (Fsp3) is 0.316. The van der Waals surface area contributed by atoms with E-state index < -0.39 is 0 Å². The topological polar surface area (TPSA) is 32.3 Å². The Morgan fingerprint density at radius 3 is 2.52 bits per heavy atom. The molecule has 1 amide bonds. The molecule has 0 bridgehead atoms. The molecule has 1 saturated heterocycles. The number of anilines is 1. The second kappa shape index (κ2) is 8.17. The number of halogens is 3. The van der Waals surface area contributed by atoms with Crippen molar-refractivity contribution in [2.45, 2.75) is 19.4 Å². The van der Waals surface area contributed by atoms with Crippen LogP contribution in [0.3, 0.4) is 0 Å². The summed E-state index contributed by atoms with van der Waals surface area (Å²) >= 11 is 11.7. The van der Waals surface area contributed by atoms with Gasteiger partial charge in [-0.1, -0.05) is 35.3 Å². The molecule has 0 spiro atoms. The first-order valence-electron chi connectivity index (χ1n) is 8.24. The maximum atomic E-state index is 13.9. The third kappa shape index (κ3) is 4.94. The van der Waals surface area contributed by atoms with E-state index in [1.165, 1.54) is 6.07 Å². The van der Waals surface area contributed by atoms with Gasteiger partial charge in [0.15, 0.2) is 0 Å². The molecule has 0 atom stereocenters. The summed E-state index contributed by atoms with van der Waals surface area (Å²) < 4.78 is 13.9. The molecular formula is C19H19Cl2FN2O. The van der Waals surface area contributed by atoms with Gasteiger partial charge in [-0.05, 0) is 56.3 Å². The highest BCUT2D eigenvalue weighted by atomic mass is 35.5. The van der Waals surface area contributed by atoms with Gasteiger partial charge >= 0.3 is 0 Å². The number of hydrogen-bond acceptors (Lipinski definition) is 2. The summed E-state index contributed by atoms with van der Waals surface area (Å²) in [5.74, 6) is -0.307. The summed E-state index contributed by atoms with van der Waals surface area (Å²) in [6, 6.07) is 11.9. The van der Waals surface area contributed by atoms with Crippen molar-refractivity contribution in [1.82, 2.24) is 4.90 Å². The lowest BCUT2D eigenvalue weighted by Crippen LogP contribution is -2.37. The van der Waals surface area contributed by atoms with Crippen LogP contribution in [-0.4, -0.2) is 23.9 Å². The summed E-state index contributed by atoms with van der Waals surface area (Å²) in [5.41, 5.74) is 1.34. The third-order valence-electron chi connectivity index (χ3n) is 4.46. The molecule has 1 N–H and O–H groups in total. The number of nitrogens with zero attached hydrogens (tertiary/aromatic N) is 1. The van der Waals surface area contributed by atoms with E-state index in [0.29, 0.717) is 27.8 Å². The zero-order valence-corrected chi connectivity index (χ0v) is 15.2. The minimum atomic E-state index is -0.284. The van der Waals surface area contributed by atoms with E-state index in [2.05, 4.69) is 10.2 Å². The predicted molar refractivity (Wildman–Crippen MR) is 99.5 cm³/mol. The van der Waals surface area contributed by atoms with Crippen LogP contribution >= 0.6 is 23.2 Å². The van der Waals surface area contributed by atoms with Gasteiger partial charge in [-0.2, -0.15) is 0 Å². The lowest BCUT2D eigenvalue weighted by Gasteiger charge is -2.31. The molecule has 0 radical (unpaired) electrons. The van der Waals surface area contributed by atoms with E-state index in [1.54, 1.807) is 30.3 Å². The zero-order valence-electron chi connectivity index (χ0n) is 13.6. The maximum absolute atomic E-state index is 13.9. The van der Waals surface area contributed by atoms with E-state index in [1.807, 2.05) is 6.07 Å². The molecule has 0 saturated carbocycles. The monoisotopic (exact) mass is 380 g/mol. The van der Waals surface area contributed by atoms with Gasteiger partial charge in [-0.3, -0.25) is 9.69 Å². The first kappa shape index (κ1) is 18.2. The van der Waals surface area contributed by atoms with E-state index in [0.717, 1.165) is 25.9 Å². The second-order valence-corrected chi connectivity index (χ2v) is 7.16. The van der Waals surface area contributed by atoms with Crippen molar-refractivity contribution in [3.8, 4) is 0 Å². The normalized spacial score (nSPS) is 16.0. The fourth-order valence-corrected chi connectivity index (χ4v) is 3.40. The molecule has 1 aliphatic heterocycles. The highest BCUT2D eigenvalue weighted by Crippen LogP contribution is 2.23. The number of nitrogens with one attached hydrogen (secondary N) is 1. The average molecular weight is 381 g/mol. The summed E-state index contributed by atoms with van der Waals surface area (Å²) in [6.07, 6.45) is 1.50. The molecule has 2 aromatic carbocycles. The molecule has 1 aliphatic rings. The predicted octanol–water partition coefficient (Wildman–Crippen LogP) is 4.98. The number of carbonyl (C=O) groups is 1. The molecule has 0 aromatic heterocycles. The van der Waals surface area contributed by atoms with E-state index in [-0.39, 0.29) is 17.6 Å². The lowest BCUT2D eigenvalue weighted by molar-refractivity contribution is -0.121. The van der Waals surface area contributed by atoms with Gasteiger partial charge in [0.1, 0.15) is 5.82 Å². The minimum Gasteiger partial charge on any atom is -0.326 e. The minimum absolute atomic E-state index is 0.0135. The fourth-order valence-electron chi connectivity index (χ4n) is 3.05. The lowest BCUT2D eigenvalue weighted by atomic mass is 9.95. The zero-order chi connectivity index (χ0) is 17.8. The van der Waals surface area contributed by atoms with Crippen LogP contribution in [-0.2, 0) is 11.3 Å². The number of hydrogen-bond donors (Lipinski definition) is 1. The number of benzene rings is 2. The van der Waals surface area contributed by atoms with Crippen LogP contribution in [0.4, 0.5) is 10.1 Å². The highest BCUT2D eigenvalue weighted by Gasteiger charge is 2.25. The Hall–Kier alpha value is -1.62. The highest BCUT2D eigenvalue weighted by molar-refractivity contribution is 6.31. The van der Waals surface area contributed by atoms with Crippen LogP contribution in [0, 0.1) is 11.7 Å². The molecule has 132 valence electrons. The first-order valence-corrected chi connectivity index (χ1v) is 8.99. The molecule has 3 nitrogen and oxygen atoms in total. The Kier molecular flexibility index (Phi) is 5.94. The van der Waals surface area contributed by atoms with Gasteiger partial charge in [0.2, 0.25) is 5.91 Å². The SMILES string of the molecule is O=C(Nc1cccc(Cl)c1)C1CCN(Cc2ccc(Cl)cc2F)CC1. The van der Waals surface area contributed by atoms with Crippen molar-refractivity contribution >= 4 is 34.8 Å².